The second-order valence-electron chi connectivity index (χ2n) is 7.09. The van der Waals surface area contributed by atoms with E-state index in [-0.39, 0.29) is 17.0 Å². The molecule has 1 unspecified atom stereocenters. The summed E-state index contributed by atoms with van der Waals surface area (Å²) in [6.45, 7) is 11.2. The van der Waals surface area contributed by atoms with Crippen molar-refractivity contribution in [3.63, 3.8) is 0 Å². The van der Waals surface area contributed by atoms with Crippen molar-refractivity contribution in [1.29, 1.82) is 0 Å². The van der Waals surface area contributed by atoms with Gasteiger partial charge in [-0.05, 0) is 42.2 Å². The molecule has 1 atom stereocenters. The summed E-state index contributed by atoms with van der Waals surface area (Å²) < 4.78 is 6.26. The van der Waals surface area contributed by atoms with Gasteiger partial charge >= 0.3 is 0 Å². The van der Waals surface area contributed by atoms with Crippen molar-refractivity contribution < 1.29 is 9.22 Å². The lowest BCUT2D eigenvalue weighted by Crippen LogP contribution is -2.43. The molecule has 1 aromatic rings. The van der Waals surface area contributed by atoms with Crippen molar-refractivity contribution in [2.24, 2.45) is 0 Å². The van der Waals surface area contributed by atoms with Crippen LogP contribution in [0.25, 0.3) is 0 Å². The van der Waals surface area contributed by atoms with Gasteiger partial charge in [0, 0.05) is 6.42 Å². The lowest BCUT2D eigenvalue weighted by atomic mass is 10.1. The van der Waals surface area contributed by atoms with Gasteiger partial charge in [-0.15, -0.1) is 0 Å². The molecule has 1 heterocycles. The van der Waals surface area contributed by atoms with Crippen LogP contribution in [0.1, 0.15) is 45.2 Å². The molecule has 110 valence electrons. The van der Waals surface area contributed by atoms with Crippen LogP contribution < -0.4 is 9.74 Å². The SMILES string of the molecule is CC(C)(C)[Si](C)(C)Oc1ccc(C2CCC(=O)N2)cc1. The Balaban J connectivity index is 2.07. The number of carbonyl (C=O) groups excluding carboxylic acids is 1. The summed E-state index contributed by atoms with van der Waals surface area (Å²) >= 11 is 0. The Morgan fingerprint density at radius 3 is 2.25 bits per heavy atom. The van der Waals surface area contributed by atoms with Gasteiger partial charge in [0.2, 0.25) is 14.2 Å². The minimum atomic E-state index is -1.78. The summed E-state index contributed by atoms with van der Waals surface area (Å²) in [7, 11) is -1.78. The molecule has 0 bridgehead atoms. The molecule has 1 fully saturated rings. The topological polar surface area (TPSA) is 38.3 Å². The average molecular weight is 291 g/mol. The van der Waals surface area contributed by atoms with Gasteiger partial charge in [0.05, 0.1) is 6.04 Å². The second kappa shape index (κ2) is 5.24. The molecule has 1 N–H and O–H groups in total. The molecule has 20 heavy (non-hydrogen) atoms. The highest BCUT2D eigenvalue weighted by molar-refractivity contribution is 6.74. The van der Waals surface area contributed by atoms with Crippen LogP contribution in [-0.2, 0) is 4.79 Å². The maximum absolute atomic E-state index is 11.3. The van der Waals surface area contributed by atoms with E-state index in [2.05, 4.69) is 51.3 Å². The summed E-state index contributed by atoms with van der Waals surface area (Å²) in [5.74, 6) is 1.08. The molecule has 3 nitrogen and oxygen atoms in total. The van der Waals surface area contributed by atoms with Gasteiger partial charge in [-0.3, -0.25) is 4.79 Å². The molecule has 1 saturated heterocycles. The Hall–Kier alpha value is -1.29. The number of hydrogen-bond donors (Lipinski definition) is 1. The number of rotatable bonds is 3. The number of hydrogen-bond acceptors (Lipinski definition) is 2. The van der Waals surface area contributed by atoms with Gasteiger partial charge in [0.25, 0.3) is 0 Å². The number of carbonyl (C=O) groups is 1. The third-order valence-corrected chi connectivity index (χ3v) is 8.82. The molecule has 0 saturated carbocycles. The van der Waals surface area contributed by atoms with Crippen LogP contribution in [0.2, 0.25) is 18.1 Å². The van der Waals surface area contributed by atoms with Crippen molar-refractivity contribution in [2.45, 2.75) is 57.8 Å². The highest BCUT2D eigenvalue weighted by Crippen LogP contribution is 2.37. The van der Waals surface area contributed by atoms with E-state index in [1.165, 1.54) is 5.56 Å². The van der Waals surface area contributed by atoms with Crippen molar-refractivity contribution in [2.75, 3.05) is 0 Å². The summed E-state index contributed by atoms with van der Waals surface area (Å²) in [5.41, 5.74) is 1.17. The molecular formula is C16H25NO2Si. The standard InChI is InChI=1S/C16H25NO2Si/c1-16(2,3)20(4,5)19-13-8-6-12(7-9-13)14-10-11-15(18)17-14/h6-9,14H,10-11H2,1-5H3,(H,17,18). The third-order valence-electron chi connectivity index (χ3n) is 4.46. The maximum atomic E-state index is 11.3. The van der Waals surface area contributed by atoms with Crippen molar-refractivity contribution in [3.05, 3.63) is 29.8 Å². The Labute approximate surface area is 122 Å². The quantitative estimate of drug-likeness (QED) is 0.854. The molecule has 1 aliphatic rings. The zero-order valence-corrected chi connectivity index (χ0v) is 14.1. The summed E-state index contributed by atoms with van der Waals surface area (Å²) in [6.07, 6.45) is 1.52. The lowest BCUT2D eigenvalue weighted by molar-refractivity contribution is -0.119. The van der Waals surface area contributed by atoms with Crippen LogP contribution in [0, 0.1) is 0 Å². The van der Waals surface area contributed by atoms with E-state index in [0.717, 1.165) is 12.2 Å². The van der Waals surface area contributed by atoms with Gasteiger partial charge in [-0.1, -0.05) is 32.9 Å². The van der Waals surface area contributed by atoms with Gasteiger partial charge in [0.15, 0.2) is 0 Å². The molecule has 0 aliphatic carbocycles. The first kappa shape index (κ1) is 15.1. The van der Waals surface area contributed by atoms with Crippen LogP contribution in [0.3, 0.4) is 0 Å². The van der Waals surface area contributed by atoms with E-state index >= 15 is 0 Å². The normalized spacial score (nSPS) is 19.9. The molecular weight excluding hydrogens is 266 g/mol. The zero-order valence-electron chi connectivity index (χ0n) is 13.1. The van der Waals surface area contributed by atoms with Crippen LogP contribution in [0.5, 0.6) is 5.75 Å². The van der Waals surface area contributed by atoms with Crippen LogP contribution in [0.4, 0.5) is 0 Å². The maximum Gasteiger partial charge on any atom is 0.250 e. The monoisotopic (exact) mass is 291 g/mol. The average Bonchev–Trinajstić information content (AvgIpc) is 2.75. The molecule has 1 aromatic carbocycles. The third kappa shape index (κ3) is 3.23. The smallest absolute Gasteiger partial charge is 0.250 e. The van der Waals surface area contributed by atoms with E-state index in [0.29, 0.717) is 6.42 Å². The molecule has 0 spiro atoms. The summed E-state index contributed by atoms with van der Waals surface area (Å²) in [6, 6.07) is 8.36. The first-order chi connectivity index (χ1) is 9.19. The molecule has 2 rings (SSSR count). The lowest BCUT2D eigenvalue weighted by Gasteiger charge is -2.36. The Bertz CT molecular complexity index is 488. The summed E-state index contributed by atoms with van der Waals surface area (Å²) in [5, 5.41) is 3.19. The van der Waals surface area contributed by atoms with Crippen LogP contribution in [0.15, 0.2) is 24.3 Å². The predicted molar refractivity (Wildman–Crippen MR) is 84.4 cm³/mol. The van der Waals surface area contributed by atoms with Crippen LogP contribution in [-0.4, -0.2) is 14.2 Å². The minimum Gasteiger partial charge on any atom is -0.544 e. The molecule has 1 amide bonds. The Morgan fingerprint density at radius 2 is 1.80 bits per heavy atom. The van der Waals surface area contributed by atoms with E-state index < -0.39 is 8.32 Å². The zero-order chi connectivity index (χ0) is 15.0. The largest absolute Gasteiger partial charge is 0.544 e. The Kier molecular flexibility index (Phi) is 3.96. The van der Waals surface area contributed by atoms with Crippen LogP contribution >= 0.6 is 0 Å². The second-order valence-corrected chi connectivity index (χ2v) is 11.8. The number of nitrogens with one attached hydrogen (secondary N) is 1. The highest BCUT2D eigenvalue weighted by atomic mass is 28.4. The summed E-state index contributed by atoms with van der Waals surface area (Å²) in [4.78, 5) is 11.3. The van der Waals surface area contributed by atoms with Gasteiger partial charge in [0.1, 0.15) is 5.75 Å². The fraction of sp³-hybridized carbons (Fsp3) is 0.562. The van der Waals surface area contributed by atoms with Crippen molar-refractivity contribution in [1.82, 2.24) is 5.32 Å². The van der Waals surface area contributed by atoms with Gasteiger partial charge in [-0.2, -0.15) is 0 Å². The Morgan fingerprint density at radius 1 is 1.20 bits per heavy atom. The van der Waals surface area contributed by atoms with E-state index in [1.54, 1.807) is 0 Å². The first-order valence-electron chi connectivity index (χ1n) is 7.27. The fourth-order valence-corrected chi connectivity index (χ4v) is 3.11. The molecule has 1 aliphatic heterocycles. The van der Waals surface area contributed by atoms with Crippen molar-refractivity contribution >= 4 is 14.2 Å². The van der Waals surface area contributed by atoms with E-state index in [9.17, 15) is 4.79 Å². The first-order valence-corrected chi connectivity index (χ1v) is 10.2. The van der Waals surface area contributed by atoms with Gasteiger partial charge in [-0.25, -0.2) is 0 Å². The predicted octanol–water partition coefficient (Wildman–Crippen LogP) is 4.02. The van der Waals surface area contributed by atoms with Crippen molar-refractivity contribution in [3.8, 4) is 5.75 Å². The van der Waals surface area contributed by atoms with Gasteiger partial charge < -0.3 is 9.74 Å². The fourth-order valence-electron chi connectivity index (χ4n) is 2.08. The highest BCUT2D eigenvalue weighted by Gasteiger charge is 2.38. The minimum absolute atomic E-state index is 0.150. The van der Waals surface area contributed by atoms with E-state index in [4.69, 9.17) is 4.43 Å². The van der Waals surface area contributed by atoms with E-state index in [1.807, 2.05) is 12.1 Å². The molecule has 0 radical (unpaired) electrons. The number of amides is 1. The molecule has 4 heteroatoms. The number of benzene rings is 1. The molecule has 0 aromatic heterocycles.